The summed E-state index contributed by atoms with van der Waals surface area (Å²) >= 11 is 9.27. The summed E-state index contributed by atoms with van der Waals surface area (Å²) in [6.07, 6.45) is 0.957. The minimum Gasteiger partial charge on any atom is -0.384 e. The van der Waals surface area contributed by atoms with Crippen molar-refractivity contribution in [2.75, 3.05) is 18.4 Å². The summed E-state index contributed by atoms with van der Waals surface area (Å²) in [5.41, 5.74) is 6.40. The largest absolute Gasteiger partial charge is 0.384 e. The van der Waals surface area contributed by atoms with E-state index in [9.17, 15) is 0 Å². The first-order chi connectivity index (χ1) is 6.24. The molecule has 0 aliphatic rings. The number of hydrogen-bond donors (Lipinski definition) is 2. The van der Waals surface area contributed by atoms with Gasteiger partial charge in [0.05, 0.1) is 0 Å². The lowest BCUT2D eigenvalue weighted by Gasteiger charge is -2.07. The van der Waals surface area contributed by atoms with E-state index in [1.54, 1.807) is 0 Å². The van der Waals surface area contributed by atoms with Crippen molar-refractivity contribution < 1.29 is 0 Å². The zero-order valence-corrected chi connectivity index (χ0v) is 9.53. The molecule has 1 rings (SSSR count). The van der Waals surface area contributed by atoms with Crippen LogP contribution < -0.4 is 11.1 Å². The van der Waals surface area contributed by atoms with E-state index in [1.165, 1.54) is 0 Å². The van der Waals surface area contributed by atoms with E-state index in [0.29, 0.717) is 6.54 Å². The predicted octanol–water partition coefficient (Wildman–Crippen LogP) is 2.86. The Morgan fingerprint density at radius 3 is 2.92 bits per heavy atom. The third kappa shape index (κ3) is 3.55. The number of benzene rings is 1. The molecule has 0 saturated heterocycles. The van der Waals surface area contributed by atoms with Crippen LogP contribution in [0.2, 0.25) is 5.02 Å². The number of halogens is 2. The van der Waals surface area contributed by atoms with Crippen molar-refractivity contribution in [2.24, 2.45) is 5.73 Å². The van der Waals surface area contributed by atoms with E-state index in [1.807, 2.05) is 18.2 Å². The Morgan fingerprint density at radius 1 is 1.46 bits per heavy atom. The lowest BCUT2D eigenvalue weighted by atomic mass is 10.3. The minimum absolute atomic E-state index is 0.700. The standard InChI is InChI=1S/C9H12BrClN2/c10-8-3-2-7(11)6-9(8)13-5-1-4-12/h2-3,6,13H,1,4-5,12H2. The quantitative estimate of drug-likeness (QED) is 0.820. The second kappa shape index (κ2) is 5.47. The lowest BCUT2D eigenvalue weighted by molar-refractivity contribution is 0.874. The molecule has 0 bridgehead atoms. The maximum atomic E-state index is 5.84. The molecule has 3 N–H and O–H groups in total. The van der Waals surface area contributed by atoms with E-state index in [0.717, 1.165) is 28.1 Å². The van der Waals surface area contributed by atoms with Gasteiger partial charge >= 0.3 is 0 Å². The average molecular weight is 264 g/mol. The van der Waals surface area contributed by atoms with Gasteiger partial charge < -0.3 is 11.1 Å². The Morgan fingerprint density at radius 2 is 2.23 bits per heavy atom. The summed E-state index contributed by atoms with van der Waals surface area (Å²) in [5.74, 6) is 0. The molecular formula is C9H12BrClN2. The summed E-state index contributed by atoms with van der Waals surface area (Å²) in [7, 11) is 0. The van der Waals surface area contributed by atoms with Crippen molar-refractivity contribution in [3.8, 4) is 0 Å². The van der Waals surface area contributed by atoms with E-state index in [-0.39, 0.29) is 0 Å². The van der Waals surface area contributed by atoms with Crippen LogP contribution >= 0.6 is 27.5 Å². The molecular weight excluding hydrogens is 251 g/mol. The summed E-state index contributed by atoms with van der Waals surface area (Å²) < 4.78 is 1.02. The Hall–Kier alpha value is -0.250. The SMILES string of the molecule is NCCCNc1cc(Cl)ccc1Br. The first-order valence-corrected chi connectivity index (χ1v) is 5.30. The maximum absolute atomic E-state index is 5.84. The normalized spacial score (nSPS) is 10.1. The molecule has 4 heteroatoms. The van der Waals surface area contributed by atoms with Crippen LogP contribution in [-0.2, 0) is 0 Å². The van der Waals surface area contributed by atoms with Crippen LogP contribution in [0.3, 0.4) is 0 Å². The molecule has 72 valence electrons. The highest BCUT2D eigenvalue weighted by molar-refractivity contribution is 9.10. The minimum atomic E-state index is 0.700. The molecule has 0 unspecified atom stereocenters. The highest BCUT2D eigenvalue weighted by Gasteiger charge is 1.98. The number of nitrogens with one attached hydrogen (secondary N) is 1. The van der Waals surface area contributed by atoms with Crippen molar-refractivity contribution in [1.82, 2.24) is 0 Å². The molecule has 0 aromatic heterocycles. The van der Waals surface area contributed by atoms with Crippen molar-refractivity contribution in [1.29, 1.82) is 0 Å². The van der Waals surface area contributed by atoms with Gasteiger partial charge in [-0.3, -0.25) is 0 Å². The van der Waals surface area contributed by atoms with E-state index < -0.39 is 0 Å². The monoisotopic (exact) mass is 262 g/mol. The maximum Gasteiger partial charge on any atom is 0.0499 e. The van der Waals surface area contributed by atoms with Crippen molar-refractivity contribution in [3.63, 3.8) is 0 Å². The summed E-state index contributed by atoms with van der Waals surface area (Å²) in [6, 6.07) is 5.66. The topological polar surface area (TPSA) is 38.0 Å². The molecule has 0 atom stereocenters. The Labute approximate surface area is 91.6 Å². The smallest absolute Gasteiger partial charge is 0.0499 e. The Bertz CT molecular complexity index is 278. The zero-order valence-electron chi connectivity index (χ0n) is 7.19. The predicted molar refractivity (Wildman–Crippen MR) is 61.3 cm³/mol. The fourth-order valence-electron chi connectivity index (χ4n) is 0.958. The van der Waals surface area contributed by atoms with Gasteiger partial charge in [0.15, 0.2) is 0 Å². The third-order valence-corrected chi connectivity index (χ3v) is 2.55. The molecule has 1 aromatic rings. The molecule has 0 spiro atoms. The van der Waals surface area contributed by atoms with Crippen LogP contribution in [0, 0.1) is 0 Å². The molecule has 0 aliphatic carbocycles. The van der Waals surface area contributed by atoms with Gasteiger partial charge in [-0.1, -0.05) is 11.6 Å². The van der Waals surface area contributed by atoms with Crippen LogP contribution in [0.4, 0.5) is 5.69 Å². The second-order valence-corrected chi connectivity index (χ2v) is 3.98. The van der Waals surface area contributed by atoms with E-state index in [2.05, 4.69) is 21.2 Å². The van der Waals surface area contributed by atoms with Crippen LogP contribution in [-0.4, -0.2) is 13.1 Å². The molecule has 0 amide bonds. The van der Waals surface area contributed by atoms with Crippen LogP contribution in [0.15, 0.2) is 22.7 Å². The average Bonchev–Trinajstić information content (AvgIpc) is 2.11. The molecule has 13 heavy (non-hydrogen) atoms. The Kier molecular flexibility index (Phi) is 4.56. The van der Waals surface area contributed by atoms with Gasteiger partial charge in [-0.2, -0.15) is 0 Å². The number of anilines is 1. The molecule has 0 radical (unpaired) electrons. The van der Waals surface area contributed by atoms with Crippen molar-refractivity contribution >= 4 is 33.2 Å². The van der Waals surface area contributed by atoms with Gasteiger partial charge in [0.25, 0.3) is 0 Å². The van der Waals surface area contributed by atoms with Crippen molar-refractivity contribution in [3.05, 3.63) is 27.7 Å². The van der Waals surface area contributed by atoms with Crippen molar-refractivity contribution in [2.45, 2.75) is 6.42 Å². The Balaban J connectivity index is 2.59. The lowest BCUT2D eigenvalue weighted by Crippen LogP contribution is -2.08. The van der Waals surface area contributed by atoms with E-state index in [4.69, 9.17) is 17.3 Å². The highest BCUT2D eigenvalue weighted by atomic mass is 79.9. The van der Waals surface area contributed by atoms with Crippen LogP contribution in [0.1, 0.15) is 6.42 Å². The summed E-state index contributed by atoms with van der Waals surface area (Å²) in [4.78, 5) is 0. The molecule has 1 aromatic carbocycles. The van der Waals surface area contributed by atoms with E-state index >= 15 is 0 Å². The molecule has 2 nitrogen and oxygen atoms in total. The highest BCUT2D eigenvalue weighted by Crippen LogP contribution is 2.25. The first-order valence-electron chi connectivity index (χ1n) is 4.13. The molecule has 0 heterocycles. The first kappa shape index (κ1) is 10.8. The molecule has 0 fully saturated rings. The number of rotatable bonds is 4. The van der Waals surface area contributed by atoms with Crippen LogP contribution in [0.25, 0.3) is 0 Å². The fourth-order valence-corrected chi connectivity index (χ4v) is 1.52. The summed E-state index contributed by atoms with van der Waals surface area (Å²) in [6.45, 7) is 1.57. The van der Waals surface area contributed by atoms with Gasteiger partial charge in [0.1, 0.15) is 0 Å². The fraction of sp³-hybridized carbons (Fsp3) is 0.333. The van der Waals surface area contributed by atoms with Gasteiger partial charge in [-0.05, 0) is 47.1 Å². The summed E-state index contributed by atoms with van der Waals surface area (Å²) in [5, 5.41) is 3.98. The zero-order chi connectivity index (χ0) is 9.68. The number of hydrogen-bond acceptors (Lipinski definition) is 2. The number of nitrogens with two attached hydrogens (primary N) is 1. The van der Waals surface area contributed by atoms with Gasteiger partial charge in [-0.25, -0.2) is 0 Å². The van der Waals surface area contributed by atoms with Gasteiger partial charge in [-0.15, -0.1) is 0 Å². The molecule has 0 saturated carbocycles. The molecule has 0 aliphatic heterocycles. The van der Waals surface area contributed by atoms with Gasteiger partial charge in [0.2, 0.25) is 0 Å². The third-order valence-electron chi connectivity index (χ3n) is 1.62. The van der Waals surface area contributed by atoms with Gasteiger partial charge in [0, 0.05) is 21.7 Å². The second-order valence-electron chi connectivity index (χ2n) is 2.69. The van der Waals surface area contributed by atoms with Crippen LogP contribution in [0.5, 0.6) is 0 Å².